The lowest BCUT2D eigenvalue weighted by Gasteiger charge is -2.16. The van der Waals surface area contributed by atoms with Crippen molar-refractivity contribution < 1.29 is 4.79 Å². The number of nitrogens with zero attached hydrogens (tertiary/aromatic N) is 4. The summed E-state index contributed by atoms with van der Waals surface area (Å²) in [5, 5.41) is 9.61. The van der Waals surface area contributed by atoms with E-state index in [9.17, 15) is 4.79 Å². The summed E-state index contributed by atoms with van der Waals surface area (Å²) < 4.78 is 1.88. The van der Waals surface area contributed by atoms with Crippen LogP contribution in [0.2, 0.25) is 10.0 Å². The van der Waals surface area contributed by atoms with Crippen LogP contribution in [0.25, 0.3) is 11.3 Å². The van der Waals surface area contributed by atoms with Crippen LogP contribution in [0.3, 0.4) is 0 Å². The molecule has 4 rings (SSSR count). The fourth-order valence-corrected chi connectivity index (χ4v) is 3.81. The van der Waals surface area contributed by atoms with Crippen LogP contribution in [0.1, 0.15) is 24.4 Å². The Morgan fingerprint density at radius 3 is 2.71 bits per heavy atom. The summed E-state index contributed by atoms with van der Waals surface area (Å²) in [6.07, 6.45) is 3.95. The predicted molar refractivity (Wildman–Crippen MR) is 110 cm³/mol. The Hall–Kier alpha value is -2.37. The molecule has 0 spiro atoms. The molecule has 7 heteroatoms. The summed E-state index contributed by atoms with van der Waals surface area (Å²) in [7, 11) is 0. The van der Waals surface area contributed by atoms with Crippen molar-refractivity contribution in [2.45, 2.75) is 25.3 Å². The van der Waals surface area contributed by atoms with Crippen LogP contribution in [0, 0.1) is 0 Å². The van der Waals surface area contributed by atoms with Crippen molar-refractivity contribution in [3.05, 3.63) is 70.3 Å². The number of hydrogen-bond donors (Lipinski definition) is 0. The first kappa shape index (κ1) is 19.0. The van der Waals surface area contributed by atoms with Crippen LogP contribution in [-0.4, -0.2) is 38.9 Å². The average molecular weight is 415 g/mol. The maximum atomic E-state index is 12.6. The van der Waals surface area contributed by atoms with Crippen molar-refractivity contribution >= 4 is 29.1 Å². The van der Waals surface area contributed by atoms with Crippen molar-refractivity contribution in [2.24, 2.45) is 0 Å². The van der Waals surface area contributed by atoms with Crippen LogP contribution < -0.4 is 0 Å². The largest absolute Gasteiger partial charge is 0.340 e. The molecule has 0 N–H and O–H groups in total. The monoisotopic (exact) mass is 414 g/mol. The third-order valence-corrected chi connectivity index (χ3v) is 5.82. The van der Waals surface area contributed by atoms with E-state index in [1.165, 1.54) is 0 Å². The van der Waals surface area contributed by atoms with Gasteiger partial charge in [0.1, 0.15) is 5.69 Å². The van der Waals surface area contributed by atoms with Crippen molar-refractivity contribution in [1.29, 1.82) is 0 Å². The molecule has 0 aliphatic carbocycles. The number of halogens is 2. The molecule has 0 bridgehead atoms. The second-order valence-corrected chi connectivity index (χ2v) is 7.79. The maximum Gasteiger partial charge on any atom is 0.222 e. The number of likely N-dealkylation sites (tertiary alicyclic amines) is 1. The molecule has 2 aromatic carbocycles. The fourth-order valence-electron chi connectivity index (χ4n) is 3.49. The second-order valence-electron chi connectivity index (χ2n) is 6.98. The SMILES string of the molecule is O=C(CCc1ccc(Cl)c(Cl)c1)N1CCC(n2cc(-c3ccccc3)nn2)C1. The Kier molecular flexibility index (Phi) is 5.64. The summed E-state index contributed by atoms with van der Waals surface area (Å²) >= 11 is 12.0. The Labute approximate surface area is 173 Å². The standard InChI is InChI=1S/C21H20Cl2N4O/c22-18-8-6-15(12-19(18)23)7-9-21(28)26-11-10-17(13-26)27-14-20(24-25-27)16-4-2-1-3-5-16/h1-6,8,12,14,17H,7,9-11,13H2. The number of amides is 1. The van der Waals surface area contributed by atoms with Gasteiger partial charge < -0.3 is 4.90 Å². The Morgan fingerprint density at radius 2 is 1.93 bits per heavy atom. The molecule has 1 unspecified atom stereocenters. The minimum atomic E-state index is 0.150. The smallest absolute Gasteiger partial charge is 0.222 e. The van der Waals surface area contributed by atoms with E-state index >= 15 is 0 Å². The van der Waals surface area contributed by atoms with Gasteiger partial charge >= 0.3 is 0 Å². The summed E-state index contributed by atoms with van der Waals surface area (Å²) in [6.45, 7) is 1.41. The average Bonchev–Trinajstić information content (AvgIpc) is 3.39. The van der Waals surface area contributed by atoms with Crippen molar-refractivity contribution in [3.8, 4) is 11.3 Å². The first-order valence-corrected chi connectivity index (χ1v) is 10.0. The number of aromatic nitrogens is 3. The molecule has 1 amide bonds. The summed E-state index contributed by atoms with van der Waals surface area (Å²) in [5.74, 6) is 0.150. The zero-order chi connectivity index (χ0) is 19.5. The van der Waals surface area contributed by atoms with Gasteiger partial charge in [0.15, 0.2) is 0 Å². The maximum absolute atomic E-state index is 12.6. The Bertz CT molecular complexity index is 974. The van der Waals surface area contributed by atoms with Gasteiger partial charge in [-0.1, -0.05) is 64.8 Å². The van der Waals surface area contributed by atoms with E-state index in [-0.39, 0.29) is 11.9 Å². The predicted octanol–water partition coefficient (Wildman–Crippen LogP) is 4.66. The molecule has 1 atom stereocenters. The second kappa shape index (κ2) is 8.33. The van der Waals surface area contributed by atoms with E-state index in [4.69, 9.17) is 23.2 Å². The summed E-state index contributed by atoms with van der Waals surface area (Å²) in [6, 6.07) is 15.6. The summed E-state index contributed by atoms with van der Waals surface area (Å²) in [5.41, 5.74) is 2.91. The van der Waals surface area contributed by atoms with Gasteiger partial charge in [-0.25, -0.2) is 4.68 Å². The zero-order valence-corrected chi connectivity index (χ0v) is 16.8. The minimum Gasteiger partial charge on any atom is -0.340 e. The molecule has 3 aromatic rings. The van der Waals surface area contributed by atoms with Gasteiger partial charge in [0.25, 0.3) is 0 Å². The molecule has 144 valence electrons. The number of carbonyl (C=O) groups excluding carboxylic acids is 1. The van der Waals surface area contributed by atoms with Gasteiger partial charge in [-0.2, -0.15) is 0 Å². The molecule has 1 aliphatic rings. The quantitative estimate of drug-likeness (QED) is 0.609. The van der Waals surface area contributed by atoms with Crippen molar-refractivity contribution in [2.75, 3.05) is 13.1 Å². The Morgan fingerprint density at radius 1 is 1.11 bits per heavy atom. The normalized spacial score (nSPS) is 16.5. The first-order valence-electron chi connectivity index (χ1n) is 9.29. The van der Waals surface area contributed by atoms with Gasteiger partial charge in [0.05, 0.1) is 22.3 Å². The Balaban J connectivity index is 1.34. The number of hydrogen-bond acceptors (Lipinski definition) is 3. The van der Waals surface area contributed by atoms with Crippen molar-refractivity contribution in [3.63, 3.8) is 0 Å². The van der Waals surface area contributed by atoms with Crippen LogP contribution in [0.4, 0.5) is 0 Å². The van der Waals surface area contributed by atoms with E-state index in [1.807, 2.05) is 58.2 Å². The highest BCUT2D eigenvalue weighted by molar-refractivity contribution is 6.42. The topological polar surface area (TPSA) is 51.0 Å². The van der Waals surface area contributed by atoms with Crippen molar-refractivity contribution in [1.82, 2.24) is 19.9 Å². The molecule has 1 aromatic heterocycles. The lowest BCUT2D eigenvalue weighted by atomic mass is 10.1. The van der Waals surface area contributed by atoms with E-state index in [1.54, 1.807) is 6.07 Å². The van der Waals surface area contributed by atoms with E-state index in [2.05, 4.69) is 10.3 Å². The lowest BCUT2D eigenvalue weighted by molar-refractivity contribution is -0.130. The van der Waals surface area contributed by atoms with E-state index in [0.29, 0.717) is 29.4 Å². The molecule has 2 heterocycles. The highest BCUT2D eigenvalue weighted by Crippen LogP contribution is 2.25. The fraction of sp³-hybridized carbons (Fsp3) is 0.286. The molecule has 5 nitrogen and oxygen atoms in total. The molecular weight excluding hydrogens is 395 g/mol. The summed E-state index contributed by atoms with van der Waals surface area (Å²) in [4.78, 5) is 14.5. The zero-order valence-electron chi connectivity index (χ0n) is 15.3. The highest BCUT2D eigenvalue weighted by Gasteiger charge is 2.28. The highest BCUT2D eigenvalue weighted by atomic mass is 35.5. The van der Waals surface area contributed by atoms with Gasteiger partial charge in [0.2, 0.25) is 5.91 Å². The number of rotatable bonds is 5. The van der Waals surface area contributed by atoms with Gasteiger partial charge in [-0.15, -0.1) is 5.10 Å². The third-order valence-electron chi connectivity index (χ3n) is 5.08. The van der Waals surface area contributed by atoms with Crippen LogP contribution in [0.15, 0.2) is 54.7 Å². The number of aryl methyl sites for hydroxylation is 1. The molecule has 1 saturated heterocycles. The number of carbonyl (C=O) groups is 1. The molecule has 1 aliphatic heterocycles. The first-order chi connectivity index (χ1) is 13.6. The van der Waals surface area contributed by atoms with Crippen LogP contribution in [-0.2, 0) is 11.2 Å². The van der Waals surface area contributed by atoms with Crippen LogP contribution in [0.5, 0.6) is 0 Å². The van der Waals surface area contributed by atoms with Crippen LogP contribution >= 0.6 is 23.2 Å². The molecule has 0 radical (unpaired) electrons. The van der Waals surface area contributed by atoms with Gasteiger partial charge in [-0.3, -0.25) is 4.79 Å². The molecule has 1 fully saturated rings. The number of benzene rings is 2. The molecule has 28 heavy (non-hydrogen) atoms. The van der Waals surface area contributed by atoms with E-state index < -0.39 is 0 Å². The molecule has 0 saturated carbocycles. The van der Waals surface area contributed by atoms with E-state index in [0.717, 1.165) is 29.8 Å². The third kappa shape index (κ3) is 4.21. The van der Waals surface area contributed by atoms with Gasteiger partial charge in [-0.05, 0) is 30.5 Å². The lowest BCUT2D eigenvalue weighted by Crippen LogP contribution is -2.29. The minimum absolute atomic E-state index is 0.150. The molecular formula is C21H20Cl2N4O. The van der Waals surface area contributed by atoms with Gasteiger partial charge in [0, 0.05) is 25.1 Å².